The van der Waals surface area contributed by atoms with Crippen LogP contribution in [0.2, 0.25) is 0 Å². The van der Waals surface area contributed by atoms with Crippen molar-refractivity contribution >= 4 is 17.3 Å². The summed E-state index contributed by atoms with van der Waals surface area (Å²) in [6.45, 7) is 2.77. The van der Waals surface area contributed by atoms with Crippen LogP contribution >= 0.6 is 11.3 Å². The number of thiophene rings is 1. The molecule has 0 radical (unpaired) electrons. The third-order valence-corrected chi connectivity index (χ3v) is 4.85. The van der Waals surface area contributed by atoms with E-state index in [1.54, 1.807) is 35.6 Å². The van der Waals surface area contributed by atoms with E-state index in [0.717, 1.165) is 0 Å². The number of ether oxygens (including phenoxy) is 2. The van der Waals surface area contributed by atoms with Gasteiger partial charge in [-0.05, 0) is 43.6 Å². The molecule has 0 bridgehead atoms. The first-order valence-electron chi connectivity index (χ1n) is 7.74. The molecular formula is C18H23NO4S. The maximum Gasteiger partial charge on any atom is 0.337 e. The van der Waals surface area contributed by atoms with Gasteiger partial charge in [-0.1, -0.05) is 12.1 Å². The molecule has 1 aromatic carbocycles. The second-order valence-corrected chi connectivity index (χ2v) is 6.59. The van der Waals surface area contributed by atoms with Crippen molar-refractivity contribution in [3.63, 3.8) is 0 Å². The lowest BCUT2D eigenvalue weighted by Crippen LogP contribution is -2.34. The Balaban J connectivity index is 1.84. The van der Waals surface area contributed by atoms with Gasteiger partial charge in [0, 0.05) is 17.5 Å². The van der Waals surface area contributed by atoms with Crippen molar-refractivity contribution in [1.82, 2.24) is 4.90 Å². The second kappa shape index (κ2) is 8.82. The van der Waals surface area contributed by atoms with E-state index < -0.39 is 12.1 Å². The minimum atomic E-state index is -0.626. The highest BCUT2D eigenvalue weighted by Crippen LogP contribution is 2.23. The van der Waals surface area contributed by atoms with Crippen molar-refractivity contribution in [2.45, 2.75) is 19.1 Å². The molecule has 0 fully saturated rings. The molecule has 0 saturated carbocycles. The van der Waals surface area contributed by atoms with E-state index in [0.29, 0.717) is 17.9 Å². The molecule has 0 spiro atoms. The quantitative estimate of drug-likeness (QED) is 0.743. The van der Waals surface area contributed by atoms with Crippen LogP contribution in [0.1, 0.15) is 28.2 Å². The molecular weight excluding hydrogens is 326 g/mol. The van der Waals surface area contributed by atoms with Crippen LogP contribution < -0.4 is 4.74 Å². The first-order valence-corrected chi connectivity index (χ1v) is 8.62. The normalized spacial score (nSPS) is 13.5. The van der Waals surface area contributed by atoms with E-state index in [1.807, 2.05) is 18.5 Å². The van der Waals surface area contributed by atoms with Crippen molar-refractivity contribution in [2.75, 3.05) is 27.3 Å². The van der Waals surface area contributed by atoms with Gasteiger partial charge in [0.25, 0.3) is 0 Å². The molecule has 2 unspecified atom stereocenters. The topological polar surface area (TPSA) is 59.0 Å². The zero-order chi connectivity index (χ0) is 17.5. The molecule has 6 heteroatoms. The van der Waals surface area contributed by atoms with Crippen LogP contribution in [0.4, 0.5) is 0 Å². The molecule has 2 atom stereocenters. The SMILES string of the molecule is COC(=O)c1cccc(OCC(O)CN(C)C(C)c2cccs2)c1. The predicted octanol–water partition coefficient (Wildman–Crippen LogP) is 2.97. The Hall–Kier alpha value is -1.89. The van der Waals surface area contributed by atoms with E-state index in [1.165, 1.54) is 12.0 Å². The van der Waals surface area contributed by atoms with Gasteiger partial charge in [0.1, 0.15) is 18.5 Å². The van der Waals surface area contributed by atoms with Gasteiger partial charge in [0.05, 0.1) is 12.7 Å². The Morgan fingerprint density at radius 2 is 2.12 bits per heavy atom. The maximum atomic E-state index is 11.5. The zero-order valence-electron chi connectivity index (χ0n) is 14.1. The van der Waals surface area contributed by atoms with Crippen LogP contribution in [-0.4, -0.2) is 49.4 Å². The number of esters is 1. The number of carbonyl (C=O) groups excluding carboxylic acids is 1. The molecule has 0 aliphatic heterocycles. The third kappa shape index (κ3) is 5.06. The molecule has 5 nitrogen and oxygen atoms in total. The Labute approximate surface area is 146 Å². The summed E-state index contributed by atoms with van der Waals surface area (Å²) in [4.78, 5) is 14.9. The molecule has 0 aliphatic carbocycles. The van der Waals surface area contributed by atoms with E-state index in [-0.39, 0.29) is 12.6 Å². The van der Waals surface area contributed by atoms with E-state index >= 15 is 0 Å². The molecule has 2 aromatic rings. The number of aliphatic hydroxyl groups excluding tert-OH is 1. The first kappa shape index (κ1) is 18.4. The van der Waals surface area contributed by atoms with Crippen LogP contribution in [0, 0.1) is 0 Å². The number of hydrogen-bond donors (Lipinski definition) is 1. The molecule has 1 aromatic heterocycles. The lowest BCUT2D eigenvalue weighted by Gasteiger charge is -2.26. The van der Waals surface area contributed by atoms with Crippen molar-refractivity contribution in [1.29, 1.82) is 0 Å². The number of aliphatic hydroxyl groups is 1. The highest BCUT2D eigenvalue weighted by Gasteiger charge is 2.17. The minimum Gasteiger partial charge on any atom is -0.491 e. The summed E-state index contributed by atoms with van der Waals surface area (Å²) >= 11 is 1.70. The molecule has 0 amide bonds. The van der Waals surface area contributed by atoms with Gasteiger partial charge < -0.3 is 14.6 Å². The highest BCUT2D eigenvalue weighted by molar-refractivity contribution is 7.10. The summed E-state index contributed by atoms with van der Waals surface area (Å²) in [5.41, 5.74) is 0.424. The lowest BCUT2D eigenvalue weighted by atomic mass is 10.2. The van der Waals surface area contributed by atoms with Crippen molar-refractivity contribution in [2.24, 2.45) is 0 Å². The van der Waals surface area contributed by atoms with Crippen LogP contribution in [-0.2, 0) is 4.74 Å². The minimum absolute atomic E-state index is 0.159. The summed E-state index contributed by atoms with van der Waals surface area (Å²) < 4.78 is 10.3. The third-order valence-electron chi connectivity index (χ3n) is 3.81. The fourth-order valence-electron chi connectivity index (χ4n) is 2.31. The smallest absolute Gasteiger partial charge is 0.337 e. The highest BCUT2D eigenvalue weighted by atomic mass is 32.1. The second-order valence-electron chi connectivity index (χ2n) is 5.62. The number of carbonyl (C=O) groups is 1. The van der Waals surface area contributed by atoms with Gasteiger partial charge in [-0.2, -0.15) is 0 Å². The van der Waals surface area contributed by atoms with Gasteiger partial charge in [0.15, 0.2) is 0 Å². The summed E-state index contributed by atoms with van der Waals surface area (Å²) in [6.07, 6.45) is -0.626. The summed E-state index contributed by atoms with van der Waals surface area (Å²) in [5.74, 6) is 0.122. The fraction of sp³-hybridized carbons (Fsp3) is 0.389. The summed E-state index contributed by atoms with van der Waals surface area (Å²) in [7, 11) is 3.32. The molecule has 0 saturated heterocycles. The molecule has 24 heavy (non-hydrogen) atoms. The van der Waals surface area contributed by atoms with Gasteiger partial charge in [0.2, 0.25) is 0 Å². The van der Waals surface area contributed by atoms with E-state index in [4.69, 9.17) is 4.74 Å². The van der Waals surface area contributed by atoms with E-state index in [2.05, 4.69) is 22.6 Å². The fourth-order valence-corrected chi connectivity index (χ4v) is 3.16. The number of nitrogens with zero attached hydrogens (tertiary/aromatic N) is 1. The first-order chi connectivity index (χ1) is 11.5. The molecule has 1 N–H and O–H groups in total. The number of rotatable bonds is 8. The molecule has 0 aliphatic rings. The Kier molecular flexibility index (Phi) is 6.78. The van der Waals surface area contributed by atoms with Gasteiger partial charge in [-0.25, -0.2) is 4.79 Å². The van der Waals surface area contributed by atoms with Crippen LogP contribution in [0.3, 0.4) is 0 Å². The largest absolute Gasteiger partial charge is 0.491 e. The van der Waals surface area contributed by atoms with Crippen LogP contribution in [0.15, 0.2) is 41.8 Å². The maximum absolute atomic E-state index is 11.5. The van der Waals surface area contributed by atoms with Gasteiger partial charge in [-0.3, -0.25) is 4.90 Å². The van der Waals surface area contributed by atoms with Gasteiger partial charge in [-0.15, -0.1) is 11.3 Å². The monoisotopic (exact) mass is 349 g/mol. The predicted molar refractivity (Wildman–Crippen MR) is 94.6 cm³/mol. The lowest BCUT2D eigenvalue weighted by molar-refractivity contribution is 0.0597. The van der Waals surface area contributed by atoms with Gasteiger partial charge >= 0.3 is 5.97 Å². The summed E-state index contributed by atoms with van der Waals surface area (Å²) in [6, 6.07) is 11.1. The van der Waals surface area contributed by atoms with Crippen molar-refractivity contribution in [3.8, 4) is 5.75 Å². The van der Waals surface area contributed by atoms with Crippen LogP contribution in [0.25, 0.3) is 0 Å². The number of likely N-dealkylation sites (N-methyl/N-ethyl adjacent to an activating group) is 1. The number of benzene rings is 1. The average Bonchev–Trinajstić information content (AvgIpc) is 3.13. The summed E-state index contributed by atoms with van der Waals surface area (Å²) in [5, 5.41) is 12.2. The van der Waals surface area contributed by atoms with Crippen molar-refractivity contribution in [3.05, 3.63) is 52.2 Å². The van der Waals surface area contributed by atoms with Crippen LogP contribution in [0.5, 0.6) is 5.75 Å². The number of methoxy groups -OCH3 is 1. The number of hydrogen-bond acceptors (Lipinski definition) is 6. The Bertz CT molecular complexity index is 644. The molecule has 1 heterocycles. The van der Waals surface area contributed by atoms with Crippen molar-refractivity contribution < 1.29 is 19.4 Å². The Morgan fingerprint density at radius 3 is 2.79 bits per heavy atom. The average molecular weight is 349 g/mol. The molecule has 130 valence electrons. The Morgan fingerprint density at radius 1 is 1.33 bits per heavy atom. The zero-order valence-corrected chi connectivity index (χ0v) is 15.0. The molecule has 2 rings (SSSR count). The van der Waals surface area contributed by atoms with E-state index in [9.17, 15) is 9.90 Å². The standard InChI is InChI=1S/C18H23NO4S/c1-13(17-8-5-9-24-17)19(2)11-15(20)12-23-16-7-4-6-14(10-16)18(21)22-3/h4-10,13,15,20H,11-12H2,1-3H3.